The minimum Gasteiger partial charge on any atom is -0.335 e. The number of hydrogen-bond donors (Lipinski definition) is 1. The van der Waals surface area contributed by atoms with E-state index in [0.717, 1.165) is 66.5 Å². The molecule has 6 heteroatoms. The van der Waals surface area contributed by atoms with Crippen molar-refractivity contribution >= 4 is 16.8 Å². The highest BCUT2D eigenvalue weighted by molar-refractivity contribution is 5.98. The van der Waals surface area contributed by atoms with Crippen molar-refractivity contribution in [1.29, 1.82) is 0 Å². The van der Waals surface area contributed by atoms with Gasteiger partial charge in [0.2, 0.25) is 0 Å². The first-order valence-corrected chi connectivity index (χ1v) is 9.88. The summed E-state index contributed by atoms with van der Waals surface area (Å²) in [7, 11) is 1.79. The molecule has 1 aromatic heterocycles. The molecule has 1 saturated heterocycles. The molecule has 1 amide bonds. The van der Waals surface area contributed by atoms with E-state index in [0.29, 0.717) is 11.6 Å². The number of nitrogens with zero attached hydrogens (tertiary/aromatic N) is 3. The quantitative estimate of drug-likeness (QED) is 0.745. The molecular weight excluding hydrogens is 355 g/mol. The number of fused-ring (bicyclic) bond motifs is 2. The fraction of sp³-hybridized carbons (Fsp3) is 0.364. The fourth-order valence-electron chi connectivity index (χ4n) is 4.53. The Hall–Kier alpha value is -2.73. The number of amides is 1. The number of rotatable bonds is 2. The predicted octanol–water partition coefficient (Wildman–Crippen LogP) is 3.13. The van der Waals surface area contributed by atoms with Crippen LogP contribution in [0.3, 0.4) is 0 Å². The smallest absolute Gasteiger partial charge is 0.254 e. The van der Waals surface area contributed by atoms with Crippen molar-refractivity contribution in [1.82, 2.24) is 20.0 Å². The highest BCUT2D eigenvalue weighted by Gasteiger charge is 2.30. The van der Waals surface area contributed by atoms with Crippen LogP contribution in [0.15, 0.2) is 36.5 Å². The van der Waals surface area contributed by atoms with E-state index >= 15 is 0 Å². The molecule has 1 fully saturated rings. The first-order chi connectivity index (χ1) is 13.6. The van der Waals surface area contributed by atoms with Gasteiger partial charge in [0.1, 0.15) is 5.52 Å². The maximum absolute atomic E-state index is 14.5. The molecule has 0 aliphatic carbocycles. The summed E-state index contributed by atoms with van der Waals surface area (Å²) in [4.78, 5) is 15.1. The lowest BCUT2D eigenvalue weighted by Crippen LogP contribution is -2.49. The minimum absolute atomic E-state index is 0.133. The fourth-order valence-corrected chi connectivity index (χ4v) is 4.53. The zero-order chi connectivity index (χ0) is 19.3. The van der Waals surface area contributed by atoms with Gasteiger partial charge in [0.05, 0.1) is 0 Å². The SMILES string of the molecule is Cn1cc2cc(-c3ccc4c(c3)CCN(C3CCNCC3)C4=O)cc(F)c2n1. The van der Waals surface area contributed by atoms with Gasteiger partial charge in [-0.25, -0.2) is 4.39 Å². The molecule has 3 heterocycles. The monoisotopic (exact) mass is 378 g/mol. The van der Waals surface area contributed by atoms with Crippen molar-refractivity contribution in [3.8, 4) is 11.1 Å². The van der Waals surface area contributed by atoms with Gasteiger partial charge in [-0.15, -0.1) is 0 Å². The van der Waals surface area contributed by atoms with Gasteiger partial charge in [0.25, 0.3) is 5.91 Å². The van der Waals surface area contributed by atoms with E-state index in [1.165, 1.54) is 6.07 Å². The van der Waals surface area contributed by atoms with Gasteiger partial charge >= 0.3 is 0 Å². The first kappa shape index (κ1) is 17.4. The second-order valence-electron chi connectivity index (χ2n) is 7.80. The Labute approximate surface area is 163 Å². The van der Waals surface area contributed by atoms with Gasteiger partial charge in [-0.2, -0.15) is 5.10 Å². The van der Waals surface area contributed by atoms with Gasteiger partial charge < -0.3 is 10.2 Å². The summed E-state index contributed by atoms with van der Waals surface area (Å²) < 4.78 is 16.1. The minimum atomic E-state index is -0.320. The topological polar surface area (TPSA) is 50.2 Å². The second kappa shape index (κ2) is 6.71. The van der Waals surface area contributed by atoms with E-state index < -0.39 is 0 Å². The Morgan fingerprint density at radius 1 is 1.14 bits per heavy atom. The van der Waals surface area contributed by atoms with Crippen molar-refractivity contribution in [2.24, 2.45) is 7.05 Å². The summed E-state index contributed by atoms with van der Waals surface area (Å²) in [5.74, 6) is -0.187. The molecule has 3 aromatic rings. The lowest BCUT2D eigenvalue weighted by atomic mass is 9.92. The van der Waals surface area contributed by atoms with E-state index in [1.807, 2.05) is 35.4 Å². The molecule has 0 atom stereocenters. The van der Waals surface area contributed by atoms with Gasteiger partial charge in [-0.1, -0.05) is 12.1 Å². The van der Waals surface area contributed by atoms with E-state index in [-0.39, 0.29) is 11.7 Å². The summed E-state index contributed by atoms with van der Waals surface area (Å²) in [5.41, 5.74) is 3.98. The third-order valence-electron chi connectivity index (χ3n) is 5.98. The number of halogens is 1. The maximum atomic E-state index is 14.5. The van der Waals surface area contributed by atoms with Crippen LogP contribution < -0.4 is 5.32 Å². The Balaban J connectivity index is 1.48. The van der Waals surface area contributed by atoms with Gasteiger partial charge in [0.15, 0.2) is 5.82 Å². The molecule has 0 unspecified atom stereocenters. The summed E-state index contributed by atoms with van der Waals surface area (Å²) in [6, 6.07) is 9.71. The highest BCUT2D eigenvalue weighted by atomic mass is 19.1. The molecule has 2 aliphatic heterocycles. The number of nitrogens with one attached hydrogen (secondary N) is 1. The summed E-state index contributed by atoms with van der Waals surface area (Å²) >= 11 is 0. The Bertz CT molecular complexity index is 1070. The normalized spacial score (nSPS) is 17.9. The average Bonchev–Trinajstić information content (AvgIpc) is 3.09. The molecule has 0 spiro atoms. The number of benzene rings is 2. The lowest BCUT2D eigenvalue weighted by Gasteiger charge is -2.37. The third-order valence-corrected chi connectivity index (χ3v) is 5.98. The molecule has 2 aromatic carbocycles. The first-order valence-electron chi connectivity index (χ1n) is 9.88. The van der Waals surface area contributed by atoms with Crippen LogP contribution in [0.1, 0.15) is 28.8 Å². The van der Waals surface area contributed by atoms with Crippen LogP contribution in [0, 0.1) is 5.82 Å². The summed E-state index contributed by atoms with van der Waals surface area (Å²) in [6.07, 6.45) is 4.70. The van der Waals surface area contributed by atoms with Crippen LogP contribution in [0.5, 0.6) is 0 Å². The van der Waals surface area contributed by atoms with Crippen molar-refractivity contribution < 1.29 is 9.18 Å². The summed E-state index contributed by atoms with van der Waals surface area (Å²) in [6.45, 7) is 2.71. The van der Waals surface area contributed by atoms with Gasteiger partial charge in [-0.05, 0) is 67.2 Å². The molecule has 1 N–H and O–H groups in total. The Morgan fingerprint density at radius 3 is 2.79 bits per heavy atom. The molecule has 2 aliphatic rings. The standard InChI is InChI=1S/C22H23FN4O/c1-26-13-17-11-16(12-20(23)21(17)25-26)14-2-3-19-15(10-14)6-9-27(22(19)28)18-4-7-24-8-5-18/h2-3,10-13,18,24H,4-9H2,1H3. The van der Waals surface area contributed by atoms with Gasteiger partial charge in [0, 0.05) is 36.8 Å². The molecule has 0 saturated carbocycles. The predicted molar refractivity (Wildman–Crippen MR) is 107 cm³/mol. The molecular formula is C22H23FN4O. The second-order valence-corrected chi connectivity index (χ2v) is 7.80. The van der Waals surface area contributed by atoms with E-state index in [2.05, 4.69) is 10.4 Å². The van der Waals surface area contributed by atoms with Crippen LogP contribution in [0.25, 0.3) is 22.0 Å². The number of carbonyl (C=O) groups excluding carboxylic acids is 1. The zero-order valence-corrected chi connectivity index (χ0v) is 15.9. The van der Waals surface area contributed by atoms with Crippen molar-refractivity contribution in [2.75, 3.05) is 19.6 Å². The van der Waals surface area contributed by atoms with E-state index in [4.69, 9.17) is 0 Å². The molecule has 5 nitrogen and oxygen atoms in total. The van der Waals surface area contributed by atoms with Crippen molar-refractivity contribution in [3.05, 3.63) is 53.5 Å². The van der Waals surface area contributed by atoms with Crippen LogP contribution in [-0.2, 0) is 13.5 Å². The molecule has 0 radical (unpaired) electrons. The number of carbonyl (C=O) groups is 1. The van der Waals surface area contributed by atoms with E-state index in [9.17, 15) is 9.18 Å². The van der Waals surface area contributed by atoms with E-state index in [1.54, 1.807) is 11.7 Å². The largest absolute Gasteiger partial charge is 0.335 e. The Kier molecular flexibility index (Phi) is 4.16. The number of piperidine rings is 1. The number of aromatic nitrogens is 2. The molecule has 0 bridgehead atoms. The van der Waals surface area contributed by atoms with Crippen LogP contribution in [0.4, 0.5) is 4.39 Å². The number of aryl methyl sites for hydroxylation is 1. The van der Waals surface area contributed by atoms with Crippen molar-refractivity contribution in [2.45, 2.75) is 25.3 Å². The zero-order valence-electron chi connectivity index (χ0n) is 15.9. The Morgan fingerprint density at radius 2 is 1.96 bits per heavy atom. The van der Waals surface area contributed by atoms with Crippen LogP contribution in [0.2, 0.25) is 0 Å². The summed E-state index contributed by atoms with van der Waals surface area (Å²) in [5, 5.41) is 8.31. The van der Waals surface area contributed by atoms with Crippen LogP contribution >= 0.6 is 0 Å². The van der Waals surface area contributed by atoms with Gasteiger partial charge in [-0.3, -0.25) is 9.48 Å². The lowest BCUT2D eigenvalue weighted by molar-refractivity contribution is 0.0623. The van der Waals surface area contributed by atoms with Crippen LogP contribution in [-0.4, -0.2) is 46.3 Å². The third kappa shape index (κ3) is 2.88. The van der Waals surface area contributed by atoms with Crippen molar-refractivity contribution in [3.63, 3.8) is 0 Å². The highest BCUT2D eigenvalue weighted by Crippen LogP contribution is 2.31. The number of hydrogen-bond acceptors (Lipinski definition) is 3. The average molecular weight is 378 g/mol. The maximum Gasteiger partial charge on any atom is 0.254 e. The molecule has 5 rings (SSSR count). The molecule has 28 heavy (non-hydrogen) atoms. The molecule has 144 valence electrons.